The number of fused-ring (bicyclic) bond motifs is 1. The van der Waals surface area contributed by atoms with Crippen molar-refractivity contribution in [2.24, 2.45) is 7.05 Å². The molecule has 4 aromatic rings. The molecule has 0 amide bonds. The summed E-state index contributed by atoms with van der Waals surface area (Å²) in [5.41, 5.74) is 5.56. The monoisotopic (exact) mass is 387 g/mol. The summed E-state index contributed by atoms with van der Waals surface area (Å²) in [6.45, 7) is 0. The van der Waals surface area contributed by atoms with Crippen LogP contribution in [-0.2, 0) is 7.05 Å². The average Bonchev–Trinajstić information content (AvgIpc) is 2.72. The maximum atomic E-state index is 13.8. The largest absolute Gasteiger partial charge is 0.383 e. The van der Waals surface area contributed by atoms with Crippen molar-refractivity contribution in [3.8, 4) is 22.9 Å². The van der Waals surface area contributed by atoms with Crippen LogP contribution in [-0.4, -0.2) is 14.1 Å². The molecule has 0 unspecified atom stereocenters. The van der Waals surface area contributed by atoms with Crippen molar-refractivity contribution in [2.45, 2.75) is 0 Å². The van der Waals surface area contributed by atoms with Gasteiger partial charge >= 0.3 is 5.69 Å². The highest BCUT2D eigenvalue weighted by Gasteiger charge is 2.22. The van der Waals surface area contributed by atoms with Gasteiger partial charge in [-0.05, 0) is 23.8 Å². The normalized spacial score (nSPS) is 10.8. The molecule has 0 bridgehead atoms. The van der Waals surface area contributed by atoms with Crippen LogP contribution in [0.2, 0.25) is 0 Å². The number of pyridine rings is 1. The summed E-state index contributed by atoms with van der Waals surface area (Å²) in [4.78, 5) is 30.4. The van der Waals surface area contributed by atoms with E-state index in [1.807, 2.05) is 6.07 Å². The van der Waals surface area contributed by atoms with E-state index < -0.39 is 17.1 Å². The highest BCUT2D eigenvalue weighted by atomic mass is 19.1. The Labute approximate surface area is 163 Å². The lowest BCUT2D eigenvalue weighted by molar-refractivity contribution is 0.625. The summed E-state index contributed by atoms with van der Waals surface area (Å²) in [5.74, 6) is -0.676. The van der Waals surface area contributed by atoms with E-state index in [1.54, 1.807) is 30.3 Å². The topological polar surface area (TPSA) is 107 Å². The van der Waals surface area contributed by atoms with Gasteiger partial charge in [0.05, 0.1) is 11.1 Å². The first-order chi connectivity index (χ1) is 13.9. The second kappa shape index (κ2) is 6.73. The van der Waals surface area contributed by atoms with E-state index >= 15 is 0 Å². The van der Waals surface area contributed by atoms with Crippen molar-refractivity contribution in [1.82, 2.24) is 14.1 Å². The number of nitrogen functional groups attached to an aromatic ring is 1. The predicted octanol–water partition coefficient (Wildman–Crippen LogP) is 2.34. The van der Waals surface area contributed by atoms with Crippen molar-refractivity contribution in [2.75, 3.05) is 5.73 Å². The van der Waals surface area contributed by atoms with Gasteiger partial charge in [-0.25, -0.2) is 18.7 Å². The van der Waals surface area contributed by atoms with Gasteiger partial charge in [0.1, 0.15) is 23.3 Å². The number of nitriles is 1. The van der Waals surface area contributed by atoms with Gasteiger partial charge in [0.15, 0.2) is 5.65 Å². The first-order valence-corrected chi connectivity index (χ1v) is 8.60. The molecule has 0 aliphatic rings. The summed E-state index contributed by atoms with van der Waals surface area (Å²) < 4.78 is 15.8. The number of hydrogen-bond donors (Lipinski definition) is 1. The van der Waals surface area contributed by atoms with Crippen LogP contribution < -0.4 is 17.0 Å². The molecule has 0 radical (unpaired) electrons. The molecule has 2 aromatic heterocycles. The fourth-order valence-electron chi connectivity index (χ4n) is 3.32. The molecule has 0 aliphatic carbocycles. The fourth-order valence-corrected chi connectivity index (χ4v) is 3.32. The molecule has 2 N–H and O–H groups in total. The third kappa shape index (κ3) is 2.76. The highest BCUT2D eigenvalue weighted by Crippen LogP contribution is 2.31. The van der Waals surface area contributed by atoms with Crippen LogP contribution in [0.4, 0.5) is 10.2 Å². The molecule has 2 aromatic carbocycles. The quantitative estimate of drug-likeness (QED) is 0.568. The Hall–Kier alpha value is -4.25. The van der Waals surface area contributed by atoms with Crippen LogP contribution in [0.15, 0.2) is 64.2 Å². The zero-order valence-corrected chi connectivity index (χ0v) is 15.3. The second-order valence-corrected chi connectivity index (χ2v) is 6.39. The predicted molar refractivity (Wildman–Crippen MR) is 107 cm³/mol. The number of nitrogens with two attached hydrogens (primary N) is 1. The number of hydrogen-bond acceptors (Lipinski definition) is 5. The van der Waals surface area contributed by atoms with Gasteiger partial charge in [-0.1, -0.05) is 36.4 Å². The minimum Gasteiger partial charge on any atom is -0.383 e. The maximum Gasteiger partial charge on any atom is 0.337 e. The third-order valence-corrected chi connectivity index (χ3v) is 4.66. The Balaban J connectivity index is 2.28. The lowest BCUT2D eigenvalue weighted by Crippen LogP contribution is -2.38. The van der Waals surface area contributed by atoms with E-state index in [0.717, 1.165) is 15.2 Å². The molecule has 7 nitrogen and oxygen atoms in total. The highest BCUT2D eigenvalue weighted by molar-refractivity contribution is 5.97. The Morgan fingerprint density at radius 3 is 2.48 bits per heavy atom. The molecule has 0 fully saturated rings. The lowest BCUT2D eigenvalue weighted by atomic mass is 9.98. The minimum absolute atomic E-state index is 0.0326. The first kappa shape index (κ1) is 18.1. The molecule has 0 saturated heterocycles. The third-order valence-electron chi connectivity index (χ3n) is 4.66. The average molecular weight is 387 g/mol. The van der Waals surface area contributed by atoms with Gasteiger partial charge in [0, 0.05) is 12.6 Å². The standard InChI is InChI=1S/C21H14FN5O2/c1-26-19-17(20(28)27(21(26)29)14-9-5-8-13(22)10-14)16(12-6-3-2-4-7-12)15(11-23)18(24)25-19/h2-10H,1H3,(H2,24,25). The molecule has 0 spiro atoms. The van der Waals surface area contributed by atoms with Crippen molar-refractivity contribution >= 4 is 16.9 Å². The van der Waals surface area contributed by atoms with Crippen molar-refractivity contribution in [3.05, 3.63) is 86.8 Å². The summed E-state index contributed by atoms with van der Waals surface area (Å²) in [5, 5.41) is 9.71. The summed E-state index contributed by atoms with van der Waals surface area (Å²) in [7, 11) is 1.44. The van der Waals surface area contributed by atoms with Gasteiger partial charge in [-0.15, -0.1) is 0 Å². The Kier molecular flexibility index (Phi) is 4.20. The number of aromatic nitrogens is 3. The molecule has 0 saturated carbocycles. The van der Waals surface area contributed by atoms with Crippen LogP contribution in [0, 0.1) is 17.1 Å². The van der Waals surface area contributed by atoms with Gasteiger partial charge in [0.25, 0.3) is 5.56 Å². The smallest absolute Gasteiger partial charge is 0.337 e. The van der Waals surface area contributed by atoms with E-state index in [-0.39, 0.29) is 33.7 Å². The molecule has 4 rings (SSSR count). The lowest BCUT2D eigenvalue weighted by Gasteiger charge is -2.15. The van der Waals surface area contributed by atoms with E-state index in [0.29, 0.717) is 5.56 Å². The van der Waals surface area contributed by atoms with Gasteiger partial charge in [-0.3, -0.25) is 9.36 Å². The van der Waals surface area contributed by atoms with Gasteiger partial charge < -0.3 is 5.73 Å². The summed E-state index contributed by atoms with van der Waals surface area (Å²) in [6, 6.07) is 15.9. The van der Waals surface area contributed by atoms with Gasteiger partial charge in [-0.2, -0.15) is 5.26 Å². The molecular weight excluding hydrogens is 373 g/mol. The molecule has 142 valence electrons. The van der Waals surface area contributed by atoms with Crippen LogP contribution in [0.3, 0.4) is 0 Å². The van der Waals surface area contributed by atoms with E-state index in [9.17, 15) is 19.2 Å². The Morgan fingerprint density at radius 2 is 1.83 bits per heavy atom. The van der Waals surface area contributed by atoms with E-state index in [4.69, 9.17) is 5.73 Å². The SMILES string of the molecule is Cn1c(=O)n(-c2cccc(F)c2)c(=O)c2c(-c3ccccc3)c(C#N)c(N)nc21. The maximum absolute atomic E-state index is 13.8. The zero-order valence-electron chi connectivity index (χ0n) is 15.3. The zero-order chi connectivity index (χ0) is 20.7. The summed E-state index contributed by atoms with van der Waals surface area (Å²) in [6.07, 6.45) is 0. The molecule has 0 aliphatic heterocycles. The number of anilines is 1. The van der Waals surface area contributed by atoms with Crippen LogP contribution in [0.1, 0.15) is 5.56 Å². The minimum atomic E-state index is -0.712. The number of nitrogens with zero attached hydrogens (tertiary/aromatic N) is 4. The molecule has 0 atom stereocenters. The summed E-state index contributed by atoms with van der Waals surface area (Å²) >= 11 is 0. The fraction of sp³-hybridized carbons (Fsp3) is 0.0476. The molecular formula is C21H14FN5O2. The second-order valence-electron chi connectivity index (χ2n) is 6.39. The van der Waals surface area contributed by atoms with Crippen LogP contribution in [0.25, 0.3) is 27.8 Å². The molecule has 29 heavy (non-hydrogen) atoms. The van der Waals surface area contributed by atoms with Crippen LogP contribution >= 0.6 is 0 Å². The van der Waals surface area contributed by atoms with Crippen LogP contribution in [0.5, 0.6) is 0 Å². The first-order valence-electron chi connectivity index (χ1n) is 8.60. The number of rotatable bonds is 2. The molecule has 8 heteroatoms. The van der Waals surface area contributed by atoms with Crippen molar-refractivity contribution in [3.63, 3.8) is 0 Å². The number of aryl methyl sites for hydroxylation is 1. The van der Waals surface area contributed by atoms with Crippen molar-refractivity contribution in [1.29, 1.82) is 5.26 Å². The Bertz CT molecular complexity index is 1430. The van der Waals surface area contributed by atoms with E-state index in [1.165, 1.54) is 25.2 Å². The van der Waals surface area contributed by atoms with Gasteiger partial charge in [0.2, 0.25) is 0 Å². The number of halogens is 1. The van der Waals surface area contributed by atoms with E-state index in [2.05, 4.69) is 4.98 Å². The Morgan fingerprint density at radius 1 is 1.10 bits per heavy atom. The number of benzene rings is 2. The van der Waals surface area contributed by atoms with Crippen molar-refractivity contribution < 1.29 is 4.39 Å². The molecule has 2 heterocycles.